The van der Waals surface area contributed by atoms with Crippen LogP contribution in [0.2, 0.25) is 0 Å². The number of carbonyl (C=O) groups is 2. The summed E-state index contributed by atoms with van der Waals surface area (Å²) in [5.74, 6) is 0.289. The predicted octanol–water partition coefficient (Wildman–Crippen LogP) is 0.941. The van der Waals surface area contributed by atoms with Crippen molar-refractivity contribution in [1.29, 1.82) is 0 Å². The normalized spacial score (nSPS) is 23.7. The summed E-state index contributed by atoms with van der Waals surface area (Å²) in [5.41, 5.74) is 0.630. The van der Waals surface area contributed by atoms with Crippen LogP contribution in [0.25, 0.3) is 6.08 Å². The standard InChI is InChI=1S/C14H17N5O2S/c1-18(2)10-4-6-19(8-10)13-15-5-3-9(16-13)7-11-12(20)17-14(21)22-11/h3,5,7,10H,4,6,8H2,1-2H3,(H,17,20,21)/b11-7-. The molecule has 2 amide bonds. The van der Waals surface area contributed by atoms with E-state index in [2.05, 4.69) is 39.2 Å². The topological polar surface area (TPSA) is 78.4 Å². The molecule has 2 aliphatic heterocycles. The van der Waals surface area contributed by atoms with Crippen molar-refractivity contribution in [2.45, 2.75) is 12.5 Å². The van der Waals surface area contributed by atoms with Crippen molar-refractivity contribution in [3.63, 3.8) is 0 Å². The van der Waals surface area contributed by atoms with Crippen LogP contribution in [-0.2, 0) is 4.79 Å². The number of rotatable bonds is 3. The number of hydrogen-bond acceptors (Lipinski definition) is 7. The van der Waals surface area contributed by atoms with Gasteiger partial charge in [0.15, 0.2) is 0 Å². The van der Waals surface area contributed by atoms with Crippen molar-refractivity contribution in [3.05, 3.63) is 22.9 Å². The smallest absolute Gasteiger partial charge is 0.290 e. The Morgan fingerprint density at radius 2 is 2.27 bits per heavy atom. The number of aromatic nitrogens is 2. The van der Waals surface area contributed by atoms with E-state index >= 15 is 0 Å². The first kappa shape index (κ1) is 15.0. The molecule has 0 bridgehead atoms. The van der Waals surface area contributed by atoms with Crippen LogP contribution >= 0.6 is 11.8 Å². The van der Waals surface area contributed by atoms with Gasteiger partial charge in [-0.05, 0) is 44.4 Å². The Bertz CT molecular complexity index is 646. The third-order valence-corrected chi connectivity index (χ3v) is 4.57. The zero-order valence-electron chi connectivity index (χ0n) is 12.4. The summed E-state index contributed by atoms with van der Waals surface area (Å²) in [5, 5.41) is 1.88. The van der Waals surface area contributed by atoms with Gasteiger partial charge in [-0.25, -0.2) is 9.97 Å². The lowest BCUT2D eigenvalue weighted by molar-refractivity contribution is -0.115. The van der Waals surface area contributed by atoms with E-state index in [1.54, 1.807) is 18.3 Å². The molecule has 0 aliphatic carbocycles. The number of likely N-dealkylation sites (N-methyl/N-ethyl adjacent to an activating group) is 1. The van der Waals surface area contributed by atoms with Gasteiger partial charge in [0, 0.05) is 25.3 Å². The van der Waals surface area contributed by atoms with E-state index in [9.17, 15) is 9.59 Å². The molecular formula is C14H17N5O2S. The highest BCUT2D eigenvalue weighted by molar-refractivity contribution is 8.18. The van der Waals surface area contributed by atoms with Gasteiger partial charge in [-0.1, -0.05) is 0 Å². The highest BCUT2D eigenvalue weighted by atomic mass is 32.2. The van der Waals surface area contributed by atoms with E-state index in [1.165, 1.54) is 0 Å². The van der Waals surface area contributed by atoms with Gasteiger partial charge in [-0.3, -0.25) is 14.9 Å². The molecule has 0 saturated carbocycles. The highest BCUT2D eigenvalue weighted by Crippen LogP contribution is 2.25. The highest BCUT2D eigenvalue weighted by Gasteiger charge is 2.27. The molecule has 1 unspecified atom stereocenters. The van der Waals surface area contributed by atoms with Crippen LogP contribution in [0.1, 0.15) is 12.1 Å². The largest absolute Gasteiger partial charge is 0.339 e. The first-order valence-corrected chi connectivity index (χ1v) is 7.84. The molecule has 116 valence electrons. The molecule has 22 heavy (non-hydrogen) atoms. The average Bonchev–Trinajstić information content (AvgIpc) is 3.07. The van der Waals surface area contributed by atoms with Crippen LogP contribution < -0.4 is 10.2 Å². The second-order valence-electron chi connectivity index (χ2n) is 5.49. The predicted molar refractivity (Wildman–Crippen MR) is 85.4 cm³/mol. The van der Waals surface area contributed by atoms with Gasteiger partial charge >= 0.3 is 0 Å². The number of nitrogens with one attached hydrogen (secondary N) is 1. The van der Waals surface area contributed by atoms with Crippen LogP contribution in [-0.4, -0.2) is 59.2 Å². The summed E-state index contributed by atoms with van der Waals surface area (Å²) < 4.78 is 0. The molecule has 2 aliphatic rings. The summed E-state index contributed by atoms with van der Waals surface area (Å²) in [6, 6.07) is 2.23. The van der Waals surface area contributed by atoms with Gasteiger partial charge in [0.25, 0.3) is 11.1 Å². The van der Waals surface area contributed by atoms with Gasteiger partial charge in [0.05, 0.1) is 10.6 Å². The van der Waals surface area contributed by atoms with Crippen molar-refractivity contribution < 1.29 is 9.59 Å². The Balaban J connectivity index is 1.78. The van der Waals surface area contributed by atoms with Crippen molar-refractivity contribution in [2.24, 2.45) is 0 Å². The van der Waals surface area contributed by atoms with Gasteiger partial charge in [0.1, 0.15) is 0 Å². The van der Waals surface area contributed by atoms with Crippen molar-refractivity contribution in [2.75, 3.05) is 32.1 Å². The van der Waals surface area contributed by atoms with Crippen LogP contribution in [0.15, 0.2) is 17.2 Å². The quantitative estimate of drug-likeness (QED) is 0.831. The number of hydrogen-bond donors (Lipinski definition) is 1. The van der Waals surface area contributed by atoms with Crippen molar-refractivity contribution in [3.8, 4) is 0 Å². The Hall–Kier alpha value is -1.93. The van der Waals surface area contributed by atoms with Gasteiger partial charge in [-0.15, -0.1) is 0 Å². The third kappa shape index (κ3) is 3.12. The minimum atomic E-state index is -0.371. The number of anilines is 1. The maximum Gasteiger partial charge on any atom is 0.290 e. The number of nitrogens with zero attached hydrogens (tertiary/aromatic N) is 4. The first-order chi connectivity index (χ1) is 10.5. The molecular weight excluding hydrogens is 302 g/mol. The lowest BCUT2D eigenvalue weighted by Gasteiger charge is -2.20. The van der Waals surface area contributed by atoms with Crippen LogP contribution in [0, 0.1) is 0 Å². The molecule has 8 heteroatoms. The number of thioether (sulfide) groups is 1. The lowest BCUT2D eigenvalue weighted by atomic mass is 10.2. The van der Waals surface area contributed by atoms with E-state index < -0.39 is 0 Å². The van der Waals surface area contributed by atoms with E-state index in [0.717, 1.165) is 31.3 Å². The van der Waals surface area contributed by atoms with Crippen LogP contribution in [0.3, 0.4) is 0 Å². The number of carbonyl (C=O) groups excluding carboxylic acids is 2. The molecule has 1 aromatic rings. The Morgan fingerprint density at radius 1 is 1.45 bits per heavy atom. The SMILES string of the molecule is CN(C)C1CCN(c2nccc(/C=C3\SC(=O)NC3=O)n2)C1. The molecule has 2 saturated heterocycles. The zero-order chi connectivity index (χ0) is 15.7. The molecule has 1 aromatic heterocycles. The maximum absolute atomic E-state index is 11.6. The zero-order valence-corrected chi connectivity index (χ0v) is 13.3. The molecule has 1 atom stereocenters. The van der Waals surface area contributed by atoms with E-state index in [-0.39, 0.29) is 11.1 Å². The molecule has 0 aromatic carbocycles. The van der Waals surface area contributed by atoms with Gasteiger partial charge in [0.2, 0.25) is 5.95 Å². The minimum absolute atomic E-state index is 0.348. The van der Waals surface area contributed by atoms with Crippen LogP contribution in [0.4, 0.5) is 10.7 Å². The van der Waals surface area contributed by atoms with E-state index in [0.29, 0.717) is 22.6 Å². The van der Waals surface area contributed by atoms with Gasteiger partial charge < -0.3 is 9.80 Å². The number of amides is 2. The lowest BCUT2D eigenvalue weighted by Crippen LogP contribution is -2.32. The molecule has 3 heterocycles. The molecule has 3 rings (SSSR count). The van der Waals surface area contributed by atoms with Crippen LogP contribution in [0.5, 0.6) is 0 Å². The van der Waals surface area contributed by atoms with Crippen molar-refractivity contribution in [1.82, 2.24) is 20.2 Å². The molecule has 1 N–H and O–H groups in total. The molecule has 7 nitrogen and oxygen atoms in total. The fourth-order valence-electron chi connectivity index (χ4n) is 2.49. The fraction of sp³-hybridized carbons (Fsp3) is 0.429. The fourth-order valence-corrected chi connectivity index (χ4v) is 3.16. The maximum atomic E-state index is 11.6. The summed E-state index contributed by atoms with van der Waals surface area (Å²) in [7, 11) is 4.14. The summed E-state index contributed by atoms with van der Waals surface area (Å²) >= 11 is 0.892. The molecule has 2 fully saturated rings. The second-order valence-corrected chi connectivity index (χ2v) is 6.50. The van der Waals surface area contributed by atoms with Crippen molar-refractivity contribution >= 4 is 34.9 Å². The Kier molecular flexibility index (Phi) is 4.12. The average molecular weight is 319 g/mol. The van der Waals surface area contributed by atoms with Gasteiger partial charge in [-0.2, -0.15) is 0 Å². The summed E-state index contributed by atoms with van der Waals surface area (Å²) in [6.45, 7) is 1.80. The summed E-state index contributed by atoms with van der Waals surface area (Å²) in [6.07, 6.45) is 4.38. The Labute approximate surface area is 132 Å². The number of imide groups is 1. The third-order valence-electron chi connectivity index (χ3n) is 3.76. The monoisotopic (exact) mass is 319 g/mol. The van der Waals surface area contributed by atoms with E-state index in [4.69, 9.17) is 0 Å². The minimum Gasteiger partial charge on any atom is -0.339 e. The summed E-state index contributed by atoms with van der Waals surface area (Å²) in [4.78, 5) is 36.3. The Morgan fingerprint density at radius 3 is 2.91 bits per heavy atom. The first-order valence-electron chi connectivity index (χ1n) is 7.02. The van der Waals surface area contributed by atoms with E-state index in [1.807, 2.05) is 0 Å². The molecule has 0 radical (unpaired) electrons. The second kappa shape index (κ2) is 6.05. The molecule has 0 spiro atoms.